The Morgan fingerprint density at radius 3 is 2.35 bits per heavy atom. The van der Waals surface area contributed by atoms with Gasteiger partial charge in [0.15, 0.2) is 5.83 Å². The second kappa shape index (κ2) is 12.2. The van der Waals surface area contributed by atoms with Gasteiger partial charge < -0.3 is 15.5 Å². The van der Waals surface area contributed by atoms with Crippen LogP contribution in [0.3, 0.4) is 0 Å². The van der Waals surface area contributed by atoms with Crippen LogP contribution in [0, 0.1) is 17.5 Å². The summed E-state index contributed by atoms with van der Waals surface area (Å²) in [4.78, 5) is 33.2. The fourth-order valence-corrected chi connectivity index (χ4v) is 3.32. The van der Waals surface area contributed by atoms with Gasteiger partial charge >= 0.3 is 0 Å². The zero-order chi connectivity index (χ0) is 27.1. The molecule has 8 nitrogen and oxygen atoms in total. The number of nitrogens with zero attached hydrogens (tertiary/aromatic N) is 4. The van der Waals surface area contributed by atoms with Gasteiger partial charge in [0.1, 0.15) is 28.8 Å². The van der Waals surface area contributed by atoms with Crippen LogP contribution in [-0.2, 0) is 4.79 Å². The normalized spacial score (nSPS) is 10.5. The molecule has 2 N–H and O–H groups in total. The molecule has 0 aliphatic rings. The first-order chi connectivity index (χ1) is 17.6. The molecule has 0 aliphatic heterocycles. The Kier molecular flexibility index (Phi) is 9.01. The summed E-state index contributed by atoms with van der Waals surface area (Å²) in [5.41, 5.74) is 0.212. The van der Waals surface area contributed by atoms with E-state index in [1.807, 2.05) is 0 Å². The van der Waals surface area contributed by atoms with Crippen LogP contribution in [0.15, 0.2) is 61.1 Å². The van der Waals surface area contributed by atoms with Crippen molar-refractivity contribution in [3.8, 4) is 0 Å². The van der Waals surface area contributed by atoms with E-state index in [0.717, 1.165) is 4.90 Å². The van der Waals surface area contributed by atoms with E-state index in [0.29, 0.717) is 29.3 Å². The zero-order valence-corrected chi connectivity index (χ0v) is 20.2. The lowest BCUT2D eigenvalue weighted by Crippen LogP contribution is -2.28. The molecule has 1 aromatic heterocycles. The average Bonchev–Trinajstić information content (AvgIpc) is 2.85. The predicted molar refractivity (Wildman–Crippen MR) is 132 cm³/mol. The third kappa shape index (κ3) is 7.17. The summed E-state index contributed by atoms with van der Waals surface area (Å²) in [5.74, 6) is -6.10. The fraction of sp³-hybridized carbons (Fsp3) is 0.167. The number of carbonyl (C=O) groups is 2. The molecule has 0 radical (unpaired) electrons. The molecule has 1 heterocycles. The Morgan fingerprint density at radius 2 is 1.73 bits per heavy atom. The largest absolute Gasteiger partial charge is 0.352 e. The summed E-state index contributed by atoms with van der Waals surface area (Å²) in [6.07, 6.45) is 1.75. The molecule has 0 fully saturated rings. The van der Waals surface area contributed by atoms with E-state index in [1.54, 1.807) is 30.3 Å². The van der Waals surface area contributed by atoms with Crippen LogP contribution in [0.1, 0.15) is 16.8 Å². The predicted octanol–water partition coefficient (Wildman–Crippen LogP) is 4.86. The van der Waals surface area contributed by atoms with Crippen LogP contribution in [-0.4, -0.2) is 41.9 Å². The molecule has 0 bridgehead atoms. The number of rotatable bonds is 10. The number of nitrogens with one attached hydrogen (secondary N) is 2. The van der Waals surface area contributed by atoms with Gasteiger partial charge in [0.2, 0.25) is 5.95 Å². The minimum atomic E-state index is -1.30. The molecule has 0 aliphatic carbocycles. The van der Waals surface area contributed by atoms with Crippen LogP contribution >= 0.6 is 11.8 Å². The van der Waals surface area contributed by atoms with Crippen LogP contribution in [0.5, 0.6) is 0 Å². The van der Waals surface area contributed by atoms with E-state index in [-0.39, 0.29) is 25.5 Å². The van der Waals surface area contributed by atoms with E-state index in [1.165, 1.54) is 17.7 Å². The standard InChI is InChI=1S/C24H21ClF4N6O2/c1-14(26)23(37)34(2)17-6-4-16(5-7-17)32-20-8-10-31-24(33-20)35(25)11-3-9-30-22(36)21-18(28)12-15(27)13-19(21)29/h4-8,10,12-13H,1,3,9,11H2,2H3,(H,30,36)(H,31,32,33). The Hall–Kier alpha value is -4.19. The number of halogens is 5. The lowest BCUT2D eigenvalue weighted by Gasteiger charge is -2.17. The lowest BCUT2D eigenvalue weighted by atomic mass is 10.1. The van der Waals surface area contributed by atoms with E-state index in [9.17, 15) is 27.2 Å². The molecule has 2 amide bonds. The van der Waals surface area contributed by atoms with Crippen molar-refractivity contribution in [1.29, 1.82) is 0 Å². The molecule has 3 rings (SSSR count). The molecule has 0 atom stereocenters. The first-order valence-electron chi connectivity index (χ1n) is 10.8. The number of benzene rings is 2. The first kappa shape index (κ1) is 27.4. The smallest absolute Gasteiger partial charge is 0.286 e. The third-order valence-corrected chi connectivity index (χ3v) is 5.29. The monoisotopic (exact) mass is 536 g/mol. The van der Waals surface area contributed by atoms with Gasteiger partial charge in [0.25, 0.3) is 11.8 Å². The Labute approximate surface area is 214 Å². The van der Waals surface area contributed by atoms with E-state index in [4.69, 9.17) is 11.8 Å². The highest BCUT2D eigenvalue weighted by molar-refractivity contribution is 6.25. The van der Waals surface area contributed by atoms with Gasteiger partial charge in [-0.3, -0.25) is 14.0 Å². The average molecular weight is 537 g/mol. The van der Waals surface area contributed by atoms with Gasteiger partial charge in [-0.05, 0) is 36.8 Å². The topological polar surface area (TPSA) is 90.5 Å². The number of likely N-dealkylation sites (N-methyl/N-ethyl adjacent to an activating group) is 1. The van der Waals surface area contributed by atoms with Crippen molar-refractivity contribution in [3.63, 3.8) is 0 Å². The zero-order valence-electron chi connectivity index (χ0n) is 19.4. The Balaban J connectivity index is 1.53. The van der Waals surface area contributed by atoms with Crippen LogP contribution in [0.4, 0.5) is 40.7 Å². The van der Waals surface area contributed by atoms with Crippen molar-refractivity contribution < 1.29 is 27.2 Å². The second-order valence-electron chi connectivity index (χ2n) is 7.62. The molecule has 0 unspecified atom stereocenters. The molecule has 0 saturated carbocycles. The summed E-state index contributed by atoms with van der Waals surface area (Å²) in [7, 11) is 1.42. The minimum absolute atomic E-state index is 0.0231. The fourth-order valence-electron chi connectivity index (χ4n) is 3.12. The molecular formula is C24H21ClF4N6O2. The molecule has 0 saturated heterocycles. The maximum atomic E-state index is 13.7. The summed E-state index contributed by atoms with van der Waals surface area (Å²) < 4.78 is 54.7. The van der Waals surface area contributed by atoms with Crippen LogP contribution in [0.2, 0.25) is 0 Å². The highest BCUT2D eigenvalue weighted by atomic mass is 35.5. The highest BCUT2D eigenvalue weighted by Gasteiger charge is 2.19. The molecule has 13 heteroatoms. The summed E-state index contributed by atoms with van der Waals surface area (Å²) in [5, 5.41) is 5.39. The van der Waals surface area contributed by atoms with Crippen molar-refractivity contribution in [2.24, 2.45) is 0 Å². The van der Waals surface area contributed by atoms with E-state index >= 15 is 0 Å². The van der Waals surface area contributed by atoms with Crippen molar-refractivity contribution in [3.05, 3.63) is 84.1 Å². The third-order valence-electron chi connectivity index (χ3n) is 4.97. The Morgan fingerprint density at radius 1 is 1.08 bits per heavy atom. The SMILES string of the molecule is C=C(F)C(=O)N(C)c1ccc(Nc2ccnc(N(Cl)CCCNC(=O)c3c(F)cc(F)cc3F)n2)cc1. The number of anilines is 4. The molecule has 0 spiro atoms. The van der Waals surface area contributed by atoms with E-state index < -0.39 is 40.7 Å². The second-order valence-corrected chi connectivity index (χ2v) is 8.03. The molecule has 194 valence electrons. The maximum absolute atomic E-state index is 13.7. The number of hydrogen-bond acceptors (Lipinski definition) is 6. The van der Waals surface area contributed by atoms with Crippen LogP contribution in [0.25, 0.3) is 0 Å². The maximum Gasteiger partial charge on any atom is 0.286 e. The van der Waals surface area contributed by atoms with Crippen molar-refractivity contribution in [2.75, 3.05) is 34.8 Å². The molecule has 37 heavy (non-hydrogen) atoms. The van der Waals surface area contributed by atoms with Gasteiger partial charge in [0, 0.05) is 61.6 Å². The van der Waals surface area contributed by atoms with Gasteiger partial charge in [-0.25, -0.2) is 22.5 Å². The first-order valence-corrected chi connectivity index (χ1v) is 11.1. The molecule has 2 aromatic carbocycles. The summed E-state index contributed by atoms with van der Waals surface area (Å²) in [6.45, 7) is 3.19. The number of amides is 2. The van der Waals surface area contributed by atoms with Crippen molar-refractivity contribution in [2.45, 2.75) is 6.42 Å². The Bertz CT molecular complexity index is 1290. The number of aromatic nitrogens is 2. The molecular weight excluding hydrogens is 516 g/mol. The van der Waals surface area contributed by atoms with Crippen molar-refractivity contribution in [1.82, 2.24) is 15.3 Å². The summed E-state index contributed by atoms with van der Waals surface area (Å²) in [6, 6.07) is 8.99. The van der Waals surface area contributed by atoms with Gasteiger partial charge in [-0.1, -0.05) is 6.58 Å². The van der Waals surface area contributed by atoms with Crippen molar-refractivity contribution >= 4 is 46.7 Å². The number of carbonyl (C=O) groups excluding carboxylic acids is 2. The number of hydrogen-bond donors (Lipinski definition) is 2. The van der Waals surface area contributed by atoms with Gasteiger partial charge in [-0.15, -0.1) is 0 Å². The van der Waals surface area contributed by atoms with Gasteiger partial charge in [-0.2, -0.15) is 4.98 Å². The van der Waals surface area contributed by atoms with Crippen LogP contribution < -0.4 is 20.0 Å². The molecule has 3 aromatic rings. The minimum Gasteiger partial charge on any atom is -0.352 e. The highest BCUT2D eigenvalue weighted by Crippen LogP contribution is 2.22. The van der Waals surface area contributed by atoms with Gasteiger partial charge in [0.05, 0.1) is 0 Å². The lowest BCUT2D eigenvalue weighted by molar-refractivity contribution is -0.116. The summed E-state index contributed by atoms with van der Waals surface area (Å²) >= 11 is 6.22. The quantitative estimate of drug-likeness (QED) is 0.166. The van der Waals surface area contributed by atoms with E-state index in [2.05, 4.69) is 27.2 Å².